The Balaban J connectivity index is 3.66. The van der Waals surface area contributed by atoms with E-state index in [9.17, 15) is 19.5 Å². The number of carbonyl (C=O) groups is 3. The van der Waals surface area contributed by atoms with Crippen LogP contribution in [0.15, 0.2) is 0 Å². The second-order valence-corrected chi connectivity index (χ2v) is 12.0. The van der Waals surface area contributed by atoms with E-state index in [4.69, 9.17) is 9.47 Å². The number of esters is 2. The lowest BCUT2D eigenvalue weighted by molar-refractivity contribution is -0.171. The number of carboxylic acids is 1. The SMILES string of the molecule is CCCCCCCCCCCCCCCC(=O)OC[C@@H](OC(=O)CCCCCCCCCCCCCCC)C(=O)O. The number of rotatable bonds is 32. The van der Waals surface area contributed by atoms with Crippen LogP contribution in [0.2, 0.25) is 0 Å². The van der Waals surface area contributed by atoms with E-state index in [0.29, 0.717) is 6.42 Å². The third-order valence-corrected chi connectivity index (χ3v) is 7.91. The summed E-state index contributed by atoms with van der Waals surface area (Å²) < 4.78 is 10.2. The van der Waals surface area contributed by atoms with Crippen molar-refractivity contribution in [1.82, 2.24) is 0 Å². The van der Waals surface area contributed by atoms with E-state index in [1.165, 1.54) is 128 Å². The first-order chi connectivity index (χ1) is 20.0. The summed E-state index contributed by atoms with van der Waals surface area (Å²) in [5, 5.41) is 9.35. The van der Waals surface area contributed by atoms with Gasteiger partial charge < -0.3 is 14.6 Å². The minimum atomic E-state index is -1.43. The molecule has 6 heteroatoms. The molecule has 0 saturated carbocycles. The number of hydrogen-bond acceptors (Lipinski definition) is 5. The molecule has 0 amide bonds. The zero-order chi connectivity index (χ0) is 30.2. The largest absolute Gasteiger partial charge is 0.478 e. The van der Waals surface area contributed by atoms with Crippen molar-refractivity contribution in [3.8, 4) is 0 Å². The molecule has 6 nitrogen and oxygen atoms in total. The zero-order valence-electron chi connectivity index (χ0n) is 27.1. The second kappa shape index (κ2) is 31.3. The molecule has 242 valence electrons. The first-order valence-electron chi connectivity index (χ1n) is 17.6. The summed E-state index contributed by atoms with van der Waals surface area (Å²) in [6.07, 6.45) is 30.9. The minimum Gasteiger partial charge on any atom is -0.478 e. The van der Waals surface area contributed by atoms with Gasteiger partial charge in [-0.15, -0.1) is 0 Å². The smallest absolute Gasteiger partial charge is 0.348 e. The molecular weight excluding hydrogens is 516 g/mol. The molecule has 0 unspecified atom stereocenters. The van der Waals surface area contributed by atoms with Gasteiger partial charge in [-0.25, -0.2) is 4.79 Å². The second-order valence-electron chi connectivity index (χ2n) is 12.0. The normalized spacial score (nSPS) is 11.9. The van der Waals surface area contributed by atoms with Gasteiger partial charge in [0.25, 0.3) is 0 Å². The van der Waals surface area contributed by atoms with Gasteiger partial charge in [-0.3, -0.25) is 9.59 Å². The van der Waals surface area contributed by atoms with Crippen LogP contribution < -0.4 is 0 Å². The van der Waals surface area contributed by atoms with Crippen LogP contribution in [0.3, 0.4) is 0 Å². The highest BCUT2D eigenvalue weighted by molar-refractivity contribution is 5.78. The fourth-order valence-electron chi connectivity index (χ4n) is 5.19. The highest BCUT2D eigenvalue weighted by Gasteiger charge is 2.24. The predicted octanol–water partition coefficient (Wildman–Crippen LogP) is 10.5. The molecule has 0 radical (unpaired) electrons. The summed E-state index contributed by atoms with van der Waals surface area (Å²) in [5.41, 5.74) is 0. The molecule has 0 spiro atoms. The number of ether oxygens (including phenoxy) is 2. The summed E-state index contributed by atoms with van der Waals surface area (Å²) >= 11 is 0. The van der Waals surface area contributed by atoms with Gasteiger partial charge in [0, 0.05) is 12.8 Å². The average molecular weight is 583 g/mol. The summed E-state index contributed by atoms with van der Waals surface area (Å²) in [6, 6.07) is 0. The van der Waals surface area contributed by atoms with Crippen LogP contribution in [0.25, 0.3) is 0 Å². The molecule has 0 rings (SSSR count). The number of carbonyl (C=O) groups excluding carboxylic acids is 2. The Hall–Kier alpha value is -1.59. The Morgan fingerprint density at radius 3 is 1.07 bits per heavy atom. The van der Waals surface area contributed by atoms with Gasteiger partial charge in [-0.2, -0.15) is 0 Å². The van der Waals surface area contributed by atoms with Crippen molar-refractivity contribution in [3.05, 3.63) is 0 Å². The summed E-state index contributed by atoms with van der Waals surface area (Å²) in [6.45, 7) is 4.08. The van der Waals surface area contributed by atoms with Crippen LogP contribution in [0, 0.1) is 0 Å². The Bertz CT molecular complexity index is 605. The standard InChI is InChI=1S/C35H66O6/c1-3-5-7-9-11-13-15-17-19-21-23-25-27-29-33(36)40-31-32(35(38)39)41-34(37)30-28-26-24-22-20-18-16-14-12-10-8-6-4-2/h32H,3-31H2,1-2H3,(H,38,39)/t32-/m1/s1. The van der Waals surface area contributed by atoms with Crippen molar-refractivity contribution in [2.75, 3.05) is 6.61 Å². The maximum atomic E-state index is 12.1. The van der Waals surface area contributed by atoms with Crippen LogP contribution in [0.4, 0.5) is 0 Å². The molecule has 0 aromatic carbocycles. The van der Waals surface area contributed by atoms with Crippen LogP contribution in [0.5, 0.6) is 0 Å². The van der Waals surface area contributed by atoms with Gasteiger partial charge in [0.15, 0.2) is 0 Å². The number of unbranched alkanes of at least 4 members (excludes halogenated alkanes) is 24. The molecule has 0 saturated heterocycles. The average Bonchev–Trinajstić information content (AvgIpc) is 2.95. The fraction of sp³-hybridized carbons (Fsp3) is 0.914. The van der Waals surface area contributed by atoms with Crippen molar-refractivity contribution < 1.29 is 29.0 Å². The first-order valence-corrected chi connectivity index (χ1v) is 17.6. The van der Waals surface area contributed by atoms with E-state index < -0.39 is 30.6 Å². The third-order valence-electron chi connectivity index (χ3n) is 7.91. The molecule has 0 aliphatic rings. The Morgan fingerprint density at radius 1 is 0.463 bits per heavy atom. The van der Waals surface area contributed by atoms with Gasteiger partial charge in [0.2, 0.25) is 6.10 Å². The number of carboxylic acid groups (broad SMARTS) is 1. The van der Waals surface area contributed by atoms with E-state index in [2.05, 4.69) is 13.8 Å². The van der Waals surface area contributed by atoms with Gasteiger partial charge in [-0.05, 0) is 12.8 Å². The Labute approximate surface area is 253 Å². The molecule has 0 aromatic heterocycles. The molecule has 0 fully saturated rings. The minimum absolute atomic E-state index is 0.203. The van der Waals surface area contributed by atoms with Crippen molar-refractivity contribution in [2.45, 2.75) is 200 Å². The third kappa shape index (κ3) is 29.7. The Morgan fingerprint density at radius 2 is 0.756 bits per heavy atom. The first kappa shape index (κ1) is 39.4. The lowest BCUT2D eigenvalue weighted by Gasteiger charge is -2.14. The number of hydrogen-bond donors (Lipinski definition) is 1. The molecule has 0 aliphatic carbocycles. The fourth-order valence-corrected chi connectivity index (χ4v) is 5.19. The molecule has 1 atom stereocenters. The van der Waals surface area contributed by atoms with Gasteiger partial charge in [0.05, 0.1) is 0 Å². The number of aliphatic carboxylic acids is 1. The lowest BCUT2D eigenvalue weighted by atomic mass is 10.0. The molecule has 0 aliphatic heterocycles. The maximum absolute atomic E-state index is 12.1. The lowest BCUT2D eigenvalue weighted by Crippen LogP contribution is -2.32. The molecule has 0 aromatic rings. The highest BCUT2D eigenvalue weighted by atomic mass is 16.6. The van der Waals surface area contributed by atoms with Crippen molar-refractivity contribution >= 4 is 17.9 Å². The predicted molar refractivity (Wildman–Crippen MR) is 169 cm³/mol. The van der Waals surface area contributed by atoms with E-state index >= 15 is 0 Å². The van der Waals surface area contributed by atoms with Gasteiger partial charge in [-0.1, -0.05) is 168 Å². The molecule has 0 bridgehead atoms. The van der Waals surface area contributed by atoms with Crippen molar-refractivity contribution in [1.29, 1.82) is 0 Å². The van der Waals surface area contributed by atoms with E-state index in [-0.39, 0.29) is 12.8 Å². The van der Waals surface area contributed by atoms with Crippen LogP contribution >= 0.6 is 0 Å². The van der Waals surface area contributed by atoms with Gasteiger partial charge in [0.1, 0.15) is 6.61 Å². The van der Waals surface area contributed by atoms with Crippen molar-refractivity contribution in [2.24, 2.45) is 0 Å². The molecular formula is C35H66O6. The Kier molecular flexibility index (Phi) is 30.1. The summed E-state index contributed by atoms with van der Waals surface area (Å²) in [5.74, 6) is -2.24. The summed E-state index contributed by atoms with van der Waals surface area (Å²) in [4.78, 5) is 35.6. The van der Waals surface area contributed by atoms with E-state index in [0.717, 1.165) is 32.1 Å². The quantitative estimate of drug-likeness (QED) is 0.0627. The molecule has 0 heterocycles. The van der Waals surface area contributed by atoms with Crippen LogP contribution in [-0.2, 0) is 23.9 Å². The molecule has 41 heavy (non-hydrogen) atoms. The van der Waals surface area contributed by atoms with Gasteiger partial charge >= 0.3 is 17.9 Å². The monoisotopic (exact) mass is 582 g/mol. The highest BCUT2D eigenvalue weighted by Crippen LogP contribution is 2.15. The van der Waals surface area contributed by atoms with E-state index in [1.54, 1.807) is 0 Å². The van der Waals surface area contributed by atoms with Crippen LogP contribution in [0.1, 0.15) is 194 Å². The molecule has 1 N–H and O–H groups in total. The van der Waals surface area contributed by atoms with Crippen LogP contribution in [-0.4, -0.2) is 35.7 Å². The topological polar surface area (TPSA) is 89.9 Å². The van der Waals surface area contributed by atoms with Crippen molar-refractivity contribution in [3.63, 3.8) is 0 Å². The van der Waals surface area contributed by atoms with E-state index in [1.807, 2.05) is 0 Å². The maximum Gasteiger partial charge on any atom is 0.348 e. The summed E-state index contributed by atoms with van der Waals surface area (Å²) in [7, 11) is 0. The zero-order valence-corrected chi connectivity index (χ0v) is 27.1.